The van der Waals surface area contributed by atoms with E-state index in [4.69, 9.17) is 0 Å². The SMILES string of the molecule is C=C(Cn1cccn1)S(C)(=O)=O. The van der Waals surface area contributed by atoms with E-state index < -0.39 is 9.84 Å². The zero-order valence-corrected chi connectivity index (χ0v) is 7.58. The first-order chi connectivity index (χ1) is 5.50. The maximum Gasteiger partial charge on any atom is 0.172 e. The van der Waals surface area contributed by atoms with Crippen LogP contribution in [0.25, 0.3) is 0 Å². The topological polar surface area (TPSA) is 52.0 Å². The minimum absolute atomic E-state index is 0.172. The third kappa shape index (κ3) is 2.20. The van der Waals surface area contributed by atoms with Gasteiger partial charge in [-0.05, 0) is 6.07 Å². The third-order valence-electron chi connectivity index (χ3n) is 1.42. The Morgan fingerprint density at radius 2 is 2.33 bits per heavy atom. The molecule has 5 heteroatoms. The zero-order chi connectivity index (χ0) is 9.19. The first-order valence-corrected chi connectivity index (χ1v) is 5.24. The van der Waals surface area contributed by atoms with Crippen LogP contribution in [-0.2, 0) is 16.4 Å². The molecule has 0 unspecified atom stereocenters. The maximum absolute atomic E-state index is 10.9. The van der Waals surface area contributed by atoms with E-state index in [-0.39, 0.29) is 11.4 Å². The molecule has 0 atom stereocenters. The van der Waals surface area contributed by atoms with E-state index in [9.17, 15) is 8.42 Å². The summed E-state index contributed by atoms with van der Waals surface area (Å²) in [5.41, 5.74) is 0. The first kappa shape index (κ1) is 8.99. The molecular formula is C7H10N2O2S. The van der Waals surface area contributed by atoms with Crippen molar-refractivity contribution in [1.82, 2.24) is 9.78 Å². The minimum atomic E-state index is -3.13. The molecule has 4 nitrogen and oxygen atoms in total. The second-order valence-corrected chi connectivity index (χ2v) is 4.64. The molecule has 0 amide bonds. The van der Waals surface area contributed by atoms with Crippen molar-refractivity contribution in [3.05, 3.63) is 29.9 Å². The van der Waals surface area contributed by atoms with E-state index in [0.717, 1.165) is 6.26 Å². The molecular weight excluding hydrogens is 176 g/mol. The Bertz CT molecular complexity index is 364. The minimum Gasteiger partial charge on any atom is -0.268 e. The van der Waals surface area contributed by atoms with E-state index in [0.29, 0.717) is 0 Å². The van der Waals surface area contributed by atoms with Gasteiger partial charge in [0.25, 0.3) is 0 Å². The van der Waals surface area contributed by atoms with Crippen molar-refractivity contribution in [2.45, 2.75) is 6.54 Å². The molecule has 0 bridgehead atoms. The normalized spacial score (nSPS) is 11.4. The lowest BCUT2D eigenvalue weighted by molar-refractivity contribution is 0.599. The fraction of sp³-hybridized carbons (Fsp3) is 0.286. The monoisotopic (exact) mass is 186 g/mol. The van der Waals surface area contributed by atoms with Crippen LogP contribution in [0.2, 0.25) is 0 Å². The van der Waals surface area contributed by atoms with Gasteiger partial charge < -0.3 is 0 Å². The molecule has 0 saturated carbocycles. The molecule has 1 aromatic heterocycles. The van der Waals surface area contributed by atoms with E-state index in [1.54, 1.807) is 18.5 Å². The van der Waals surface area contributed by atoms with Gasteiger partial charge in [0.15, 0.2) is 9.84 Å². The highest BCUT2D eigenvalue weighted by atomic mass is 32.2. The van der Waals surface area contributed by atoms with Gasteiger partial charge in [-0.2, -0.15) is 5.10 Å². The second kappa shape index (κ2) is 3.10. The second-order valence-electron chi connectivity index (χ2n) is 2.51. The molecule has 1 rings (SSSR count). The first-order valence-electron chi connectivity index (χ1n) is 3.35. The van der Waals surface area contributed by atoms with Crippen molar-refractivity contribution in [2.24, 2.45) is 0 Å². The Hall–Kier alpha value is -1.10. The summed E-state index contributed by atoms with van der Waals surface area (Å²) in [6, 6.07) is 1.73. The molecule has 0 fully saturated rings. The van der Waals surface area contributed by atoms with Crippen LogP contribution in [0.4, 0.5) is 0 Å². The summed E-state index contributed by atoms with van der Waals surface area (Å²) < 4.78 is 23.4. The van der Waals surface area contributed by atoms with Gasteiger partial charge in [0, 0.05) is 18.6 Å². The van der Waals surface area contributed by atoms with Crippen LogP contribution in [0.3, 0.4) is 0 Å². The number of aromatic nitrogens is 2. The summed E-state index contributed by atoms with van der Waals surface area (Å²) in [4.78, 5) is 0.172. The molecule has 1 heterocycles. The molecule has 0 aliphatic carbocycles. The molecule has 0 aliphatic heterocycles. The van der Waals surface area contributed by atoms with Crippen LogP contribution < -0.4 is 0 Å². The third-order valence-corrected chi connectivity index (χ3v) is 2.60. The Labute approximate surface area is 71.4 Å². The maximum atomic E-state index is 10.9. The number of sulfone groups is 1. The molecule has 0 saturated heterocycles. The quantitative estimate of drug-likeness (QED) is 0.688. The standard InChI is InChI=1S/C7H10N2O2S/c1-7(12(2,10)11)6-9-5-3-4-8-9/h3-5H,1,6H2,2H3. The van der Waals surface area contributed by atoms with Gasteiger partial charge >= 0.3 is 0 Å². The van der Waals surface area contributed by atoms with Gasteiger partial charge in [-0.25, -0.2) is 8.42 Å². The lowest BCUT2D eigenvalue weighted by Crippen LogP contribution is -2.08. The van der Waals surface area contributed by atoms with E-state index >= 15 is 0 Å². The Morgan fingerprint density at radius 1 is 1.67 bits per heavy atom. The van der Waals surface area contributed by atoms with Gasteiger partial charge in [0.05, 0.1) is 11.4 Å². The van der Waals surface area contributed by atoms with Gasteiger partial charge in [0.2, 0.25) is 0 Å². The van der Waals surface area contributed by atoms with Crippen molar-refractivity contribution < 1.29 is 8.42 Å². The fourth-order valence-corrected chi connectivity index (χ4v) is 1.06. The summed E-state index contributed by atoms with van der Waals surface area (Å²) in [7, 11) is -3.13. The Kier molecular flexibility index (Phi) is 2.32. The zero-order valence-electron chi connectivity index (χ0n) is 6.77. The van der Waals surface area contributed by atoms with Crippen molar-refractivity contribution in [1.29, 1.82) is 0 Å². The molecule has 0 spiro atoms. The van der Waals surface area contributed by atoms with Gasteiger partial charge in [0.1, 0.15) is 0 Å². The Morgan fingerprint density at radius 3 is 2.75 bits per heavy atom. The van der Waals surface area contributed by atoms with Gasteiger partial charge in [-0.15, -0.1) is 0 Å². The van der Waals surface area contributed by atoms with E-state index in [2.05, 4.69) is 11.7 Å². The molecule has 1 aromatic rings. The van der Waals surface area contributed by atoms with Crippen molar-refractivity contribution in [3.63, 3.8) is 0 Å². The average Bonchev–Trinajstić information content (AvgIpc) is 2.37. The summed E-state index contributed by atoms with van der Waals surface area (Å²) in [6.07, 6.45) is 4.42. The molecule has 0 N–H and O–H groups in total. The van der Waals surface area contributed by atoms with Crippen LogP contribution in [-0.4, -0.2) is 24.5 Å². The van der Waals surface area contributed by atoms with E-state index in [1.165, 1.54) is 4.68 Å². The van der Waals surface area contributed by atoms with Crippen LogP contribution in [0.15, 0.2) is 29.9 Å². The molecule has 0 aromatic carbocycles. The Balaban J connectivity index is 2.73. The highest BCUT2D eigenvalue weighted by Crippen LogP contribution is 2.03. The number of rotatable bonds is 3. The summed E-state index contributed by atoms with van der Waals surface area (Å²) >= 11 is 0. The van der Waals surface area contributed by atoms with Crippen molar-refractivity contribution in [3.8, 4) is 0 Å². The van der Waals surface area contributed by atoms with Crippen LogP contribution in [0, 0.1) is 0 Å². The predicted molar refractivity (Wildman–Crippen MR) is 46.2 cm³/mol. The van der Waals surface area contributed by atoms with Crippen LogP contribution >= 0.6 is 0 Å². The van der Waals surface area contributed by atoms with Crippen LogP contribution in [0.5, 0.6) is 0 Å². The number of nitrogens with zero attached hydrogens (tertiary/aromatic N) is 2. The van der Waals surface area contributed by atoms with Crippen molar-refractivity contribution in [2.75, 3.05) is 6.26 Å². The highest BCUT2D eigenvalue weighted by Gasteiger charge is 2.08. The summed E-state index contributed by atoms with van der Waals surface area (Å²) in [5.74, 6) is 0. The van der Waals surface area contributed by atoms with Crippen LogP contribution in [0.1, 0.15) is 0 Å². The molecule has 0 aliphatic rings. The molecule has 0 radical (unpaired) electrons. The number of allylic oxidation sites excluding steroid dienone is 1. The smallest absolute Gasteiger partial charge is 0.172 e. The molecule has 66 valence electrons. The number of hydrogen-bond donors (Lipinski definition) is 0. The van der Waals surface area contributed by atoms with Crippen molar-refractivity contribution >= 4 is 9.84 Å². The summed E-state index contributed by atoms with van der Waals surface area (Å²) in [6.45, 7) is 3.68. The average molecular weight is 186 g/mol. The lowest BCUT2D eigenvalue weighted by Gasteiger charge is -2.02. The van der Waals surface area contributed by atoms with Gasteiger partial charge in [-0.1, -0.05) is 6.58 Å². The van der Waals surface area contributed by atoms with E-state index in [1.807, 2.05) is 0 Å². The lowest BCUT2D eigenvalue weighted by atomic mass is 10.6. The molecule has 12 heavy (non-hydrogen) atoms. The highest BCUT2D eigenvalue weighted by molar-refractivity contribution is 7.94. The van der Waals surface area contributed by atoms with Gasteiger partial charge in [-0.3, -0.25) is 4.68 Å². The predicted octanol–water partition coefficient (Wildman–Crippen LogP) is 0.441. The largest absolute Gasteiger partial charge is 0.268 e. The summed E-state index contributed by atoms with van der Waals surface area (Å²) in [5, 5.41) is 3.86. The fourth-order valence-electron chi connectivity index (χ4n) is 0.692. The number of hydrogen-bond acceptors (Lipinski definition) is 3.